The lowest BCUT2D eigenvalue weighted by atomic mass is 9.83. The molecule has 380 valence electrons. The van der Waals surface area contributed by atoms with Gasteiger partial charge >= 0.3 is 0 Å². The van der Waals surface area contributed by atoms with Crippen LogP contribution < -0.4 is 30.9 Å². The molecule has 0 radical (unpaired) electrons. The van der Waals surface area contributed by atoms with Crippen molar-refractivity contribution in [2.24, 2.45) is 12.5 Å². The maximum Gasteiger partial charge on any atom is 0.276 e. The van der Waals surface area contributed by atoms with E-state index in [-0.39, 0.29) is 47.6 Å². The summed E-state index contributed by atoms with van der Waals surface area (Å²) in [6.45, 7) is 14.6. The smallest absolute Gasteiger partial charge is 0.276 e. The highest BCUT2D eigenvalue weighted by Gasteiger charge is 2.43. The fourth-order valence-corrected chi connectivity index (χ4v) is 12.9. The van der Waals surface area contributed by atoms with Crippen molar-refractivity contribution in [2.75, 3.05) is 72.4 Å². The largest absolute Gasteiger partial charge is 0.392 e. The number of fused-ring (bicyclic) bond motifs is 4. The topological polar surface area (TPSA) is 185 Å². The number of aromatic nitrogens is 4. The predicted molar refractivity (Wildman–Crippen MR) is 277 cm³/mol. The molecule has 0 spiro atoms. The van der Waals surface area contributed by atoms with Gasteiger partial charge in [0.15, 0.2) is 0 Å². The van der Waals surface area contributed by atoms with Crippen LogP contribution >= 0.6 is 0 Å². The standard InChI is InChI=1S/C55H64N12O6/c1-33-29-63(40-24-39(25-40)62-15-13-61(14-16-62)37-5-7-42-35(21-37)31-67(52(42)71)45-8-10-49(69)59-51(45)70)17-18-64(33)38-6-9-48(57-28-38)58-44-22-36(30-60(4)53(44)72)41-11-12-56-50(43(41)32-68)66-20-19-65-46(54(66)73)23-34-26-55(2,3)27-47(34)65/h5-7,9,11-12,21-23,28,30,33,39-40,45,68H,8,10,13-20,24-27,29,31-32H2,1-4H3,(H,57,58)(H,59,69,70)/t33-,39?,40?,45?/m0/s1. The van der Waals surface area contributed by atoms with Crippen molar-refractivity contribution in [3.8, 4) is 11.1 Å². The van der Waals surface area contributed by atoms with E-state index in [0.717, 1.165) is 75.6 Å². The van der Waals surface area contributed by atoms with Crippen LogP contribution in [-0.4, -0.2) is 139 Å². The van der Waals surface area contributed by atoms with Crippen molar-refractivity contribution in [1.29, 1.82) is 0 Å². The van der Waals surface area contributed by atoms with Crippen molar-refractivity contribution in [2.45, 2.75) is 103 Å². The zero-order valence-corrected chi connectivity index (χ0v) is 42.1. The van der Waals surface area contributed by atoms with E-state index in [1.807, 2.05) is 36.5 Å². The number of nitrogens with one attached hydrogen (secondary N) is 2. The molecule has 1 unspecified atom stereocenters. The van der Waals surface area contributed by atoms with Crippen LogP contribution in [0.4, 0.5) is 28.7 Å². The number of piperidine rings is 1. The first-order valence-corrected chi connectivity index (χ1v) is 26.0. The summed E-state index contributed by atoms with van der Waals surface area (Å²) in [5.41, 5.74) is 9.10. The molecule has 3 N–H and O–H groups in total. The Kier molecular flexibility index (Phi) is 11.8. The van der Waals surface area contributed by atoms with Crippen molar-refractivity contribution in [3.05, 3.63) is 111 Å². The monoisotopic (exact) mass is 989 g/mol. The highest BCUT2D eigenvalue weighted by molar-refractivity contribution is 6.07. The Labute approximate surface area is 424 Å². The number of carbonyl (C=O) groups excluding carboxylic acids is 4. The molecule has 3 saturated heterocycles. The average molecular weight is 989 g/mol. The fraction of sp³-hybridized carbons (Fsp3) is 0.473. The molecule has 1 saturated carbocycles. The second kappa shape index (κ2) is 18.2. The van der Waals surface area contributed by atoms with E-state index in [4.69, 9.17) is 4.98 Å². The number of piperazine rings is 2. The summed E-state index contributed by atoms with van der Waals surface area (Å²) in [5, 5.41) is 16.5. The van der Waals surface area contributed by atoms with Gasteiger partial charge in [-0.05, 0) is 110 Å². The molecule has 73 heavy (non-hydrogen) atoms. The molecular weight excluding hydrogens is 925 g/mol. The number of anilines is 5. The van der Waals surface area contributed by atoms with Crippen LogP contribution in [0, 0.1) is 5.41 Å². The summed E-state index contributed by atoms with van der Waals surface area (Å²) in [6, 6.07) is 16.5. The number of hydrogen-bond acceptors (Lipinski definition) is 13. The number of pyridine rings is 3. The van der Waals surface area contributed by atoms with Gasteiger partial charge in [0.2, 0.25) is 11.8 Å². The highest BCUT2D eigenvalue weighted by atomic mass is 16.3. The molecule has 18 heteroatoms. The van der Waals surface area contributed by atoms with Crippen LogP contribution in [0.25, 0.3) is 11.1 Å². The van der Waals surface area contributed by atoms with Crippen molar-refractivity contribution in [3.63, 3.8) is 0 Å². The maximum absolute atomic E-state index is 14.0. The molecule has 5 aliphatic heterocycles. The van der Waals surface area contributed by atoms with Crippen LogP contribution in [-0.2, 0) is 49.2 Å². The van der Waals surface area contributed by atoms with Crippen LogP contribution in [0.5, 0.6) is 0 Å². The number of nitrogens with zero attached hydrogens (tertiary/aromatic N) is 10. The Balaban J connectivity index is 0.638. The predicted octanol–water partition coefficient (Wildman–Crippen LogP) is 4.29. The third-order valence-electron chi connectivity index (χ3n) is 16.9. The van der Waals surface area contributed by atoms with Gasteiger partial charge in [-0.1, -0.05) is 13.8 Å². The normalized spacial score (nSPS) is 24.1. The Hall–Kier alpha value is -6.89. The molecule has 4 fully saturated rings. The maximum atomic E-state index is 14.0. The number of amides is 4. The minimum absolute atomic E-state index is 0.124. The second-order valence-corrected chi connectivity index (χ2v) is 22.1. The Morgan fingerprint density at radius 1 is 0.795 bits per heavy atom. The first kappa shape index (κ1) is 47.1. The van der Waals surface area contributed by atoms with E-state index in [1.165, 1.54) is 28.7 Å². The van der Waals surface area contributed by atoms with E-state index in [1.54, 1.807) is 35.3 Å². The van der Waals surface area contributed by atoms with Crippen molar-refractivity contribution >= 4 is 52.3 Å². The molecule has 2 atom stereocenters. The summed E-state index contributed by atoms with van der Waals surface area (Å²) < 4.78 is 3.69. The van der Waals surface area contributed by atoms with Gasteiger partial charge in [-0.15, -0.1) is 0 Å². The fourth-order valence-electron chi connectivity index (χ4n) is 12.9. The molecule has 9 heterocycles. The quantitative estimate of drug-likeness (QED) is 0.169. The van der Waals surface area contributed by atoms with E-state index < -0.39 is 6.04 Å². The second-order valence-electron chi connectivity index (χ2n) is 22.1. The van der Waals surface area contributed by atoms with Crippen molar-refractivity contribution < 1.29 is 24.3 Å². The lowest BCUT2D eigenvalue weighted by Crippen LogP contribution is -2.62. The first-order valence-electron chi connectivity index (χ1n) is 26.0. The highest BCUT2D eigenvalue weighted by Crippen LogP contribution is 2.41. The molecule has 1 aromatic carbocycles. The number of benzene rings is 1. The minimum Gasteiger partial charge on any atom is -0.392 e. The van der Waals surface area contributed by atoms with Crippen LogP contribution in [0.15, 0.2) is 71.9 Å². The number of carbonyl (C=O) groups is 4. The molecule has 0 bridgehead atoms. The van der Waals surface area contributed by atoms with E-state index in [9.17, 15) is 29.1 Å². The minimum atomic E-state index is -0.609. The zero-order chi connectivity index (χ0) is 50.4. The first-order chi connectivity index (χ1) is 35.2. The van der Waals surface area contributed by atoms with Gasteiger partial charge in [-0.25, -0.2) is 9.97 Å². The molecule has 2 aliphatic carbocycles. The van der Waals surface area contributed by atoms with Crippen LogP contribution in [0.1, 0.15) is 89.7 Å². The van der Waals surface area contributed by atoms with Gasteiger partial charge in [0.05, 0.1) is 18.5 Å². The molecular formula is C55H64N12O6. The lowest BCUT2D eigenvalue weighted by molar-refractivity contribution is -0.136. The van der Waals surface area contributed by atoms with Gasteiger partial charge in [0.25, 0.3) is 17.4 Å². The van der Waals surface area contributed by atoms with Crippen LogP contribution in [0.2, 0.25) is 0 Å². The summed E-state index contributed by atoms with van der Waals surface area (Å²) >= 11 is 0. The van der Waals surface area contributed by atoms with E-state index in [2.05, 4.69) is 72.7 Å². The number of aliphatic hydroxyl groups excluding tert-OH is 1. The summed E-state index contributed by atoms with van der Waals surface area (Å²) in [6.07, 6.45) is 10.1. The third kappa shape index (κ3) is 8.46. The SMILES string of the molecule is C[C@H]1CN(C2CC(N3CCN(c4ccc5c(c4)CN(C4CCC(=O)NC4=O)C5=O)CC3)C2)CCN1c1ccc(Nc2cc(-c3ccnc(N4CCn5c(cc6c5CC(C)(C)C6)C4=O)c3CO)cn(C)c2=O)nc1. The number of aryl methyl sites for hydroxylation is 1. The third-order valence-corrected chi connectivity index (χ3v) is 16.9. The van der Waals surface area contributed by atoms with Crippen LogP contribution in [0.3, 0.4) is 0 Å². The van der Waals surface area contributed by atoms with Gasteiger partial charge in [0, 0.05) is 138 Å². The molecule has 5 aromatic rings. The molecule has 4 amide bonds. The van der Waals surface area contributed by atoms with Gasteiger partial charge in [0.1, 0.15) is 29.1 Å². The number of imide groups is 1. The Morgan fingerprint density at radius 3 is 2.33 bits per heavy atom. The summed E-state index contributed by atoms with van der Waals surface area (Å²) in [4.78, 5) is 87.8. The van der Waals surface area contributed by atoms with E-state index in [0.29, 0.717) is 89.5 Å². The molecule has 4 aromatic heterocycles. The average Bonchev–Trinajstić information content (AvgIpc) is 3.99. The van der Waals surface area contributed by atoms with E-state index >= 15 is 0 Å². The van der Waals surface area contributed by atoms with Crippen molar-refractivity contribution in [1.82, 2.24) is 39.1 Å². The molecule has 18 nitrogen and oxygen atoms in total. The number of aliphatic hydroxyl groups is 1. The number of hydrogen-bond donors (Lipinski definition) is 3. The molecule has 7 aliphatic rings. The Bertz CT molecular complexity index is 3110. The number of rotatable bonds is 10. The van der Waals surface area contributed by atoms with Gasteiger partial charge in [-0.2, -0.15) is 0 Å². The summed E-state index contributed by atoms with van der Waals surface area (Å²) in [7, 11) is 1.70. The Morgan fingerprint density at radius 2 is 1.58 bits per heavy atom. The lowest BCUT2D eigenvalue weighted by Gasteiger charge is -2.52. The zero-order valence-electron chi connectivity index (χ0n) is 42.1. The summed E-state index contributed by atoms with van der Waals surface area (Å²) in [5.74, 6) is 0.0399. The molecule has 12 rings (SSSR count). The van der Waals surface area contributed by atoms with Gasteiger partial charge in [-0.3, -0.25) is 44.0 Å². The van der Waals surface area contributed by atoms with Gasteiger partial charge < -0.3 is 34.3 Å².